The van der Waals surface area contributed by atoms with Gasteiger partial charge in [0, 0.05) is 17.0 Å². The van der Waals surface area contributed by atoms with Crippen molar-refractivity contribution in [1.29, 1.82) is 0 Å². The summed E-state index contributed by atoms with van der Waals surface area (Å²) in [7, 11) is 1.60. The summed E-state index contributed by atoms with van der Waals surface area (Å²) in [5.41, 5.74) is 4.58. The van der Waals surface area contributed by atoms with Crippen LogP contribution >= 0.6 is 11.8 Å². The molecular weight excluding hydrogens is 462 g/mol. The molecule has 9 heteroatoms. The van der Waals surface area contributed by atoms with Gasteiger partial charge < -0.3 is 20.6 Å². The Bertz CT molecular complexity index is 1280. The fourth-order valence-corrected chi connectivity index (χ4v) is 4.28. The second-order valence-electron chi connectivity index (χ2n) is 8.05. The Morgan fingerprint density at radius 2 is 1.66 bits per heavy atom. The monoisotopic (exact) mass is 489 g/mol. The number of hydrogen-bond acceptors (Lipinski definition) is 7. The van der Waals surface area contributed by atoms with Crippen LogP contribution in [-0.2, 0) is 12.4 Å². The number of carbonyl (C=O) groups excluding carboxylic acids is 1. The lowest BCUT2D eigenvalue weighted by molar-refractivity contribution is 0.102. The summed E-state index contributed by atoms with van der Waals surface area (Å²) in [6.07, 6.45) is 0. The molecule has 4 aromatic rings. The lowest BCUT2D eigenvalue weighted by atomic mass is 10.1. The zero-order chi connectivity index (χ0) is 24.8. The maximum Gasteiger partial charge on any atom is 0.255 e. The zero-order valence-corrected chi connectivity index (χ0v) is 20.6. The van der Waals surface area contributed by atoms with Crippen molar-refractivity contribution in [3.63, 3.8) is 0 Å². The molecule has 0 spiro atoms. The molecule has 0 bridgehead atoms. The van der Waals surface area contributed by atoms with Crippen molar-refractivity contribution in [2.24, 2.45) is 0 Å². The van der Waals surface area contributed by atoms with Crippen molar-refractivity contribution in [2.45, 2.75) is 31.4 Å². The molecule has 1 heterocycles. The van der Waals surface area contributed by atoms with Crippen LogP contribution in [0.2, 0.25) is 0 Å². The van der Waals surface area contributed by atoms with Gasteiger partial charge in [-0.1, -0.05) is 30.0 Å². The fourth-order valence-electron chi connectivity index (χ4n) is 3.45. The van der Waals surface area contributed by atoms with Crippen molar-refractivity contribution >= 4 is 23.4 Å². The molecule has 0 atom stereocenters. The smallest absolute Gasteiger partial charge is 0.255 e. The Kier molecular flexibility index (Phi) is 7.57. The predicted octanol–water partition coefficient (Wildman–Crippen LogP) is 4.74. The number of benzene rings is 3. The Hall–Kier alpha value is -3.98. The van der Waals surface area contributed by atoms with E-state index in [1.54, 1.807) is 43.5 Å². The Morgan fingerprint density at radius 1 is 0.971 bits per heavy atom. The fraction of sp³-hybridized carbons (Fsp3) is 0.192. The molecule has 3 aromatic carbocycles. The number of amides is 1. The first-order chi connectivity index (χ1) is 16.9. The zero-order valence-electron chi connectivity index (χ0n) is 19.8. The van der Waals surface area contributed by atoms with Gasteiger partial charge in [-0.3, -0.25) is 4.79 Å². The number of hydrogen-bond donors (Lipinski definition) is 2. The highest BCUT2D eigenvalue weighted by molar-refractivity contribution is 7.98. The molecule has 0 fully saturated rings. The van der Waals surface area contributed by atoms with Gasteiger partial charge in [0.2, 0.25) is 5.16 Å². The molecule has 0 unspecified atom stereocenters. The molecule has 0 aliphatic heterocycles. The van der Waals surface area contributed by atoms with Crippen molar-refractivity contribution in [2.75, 3.05) is 18.3 Å². The molecule has 1 amide bonds. The Morgan fingerprint density at radius 3 is 2.31 bits per heavy atom. The van der Waals surface area contributed by atoms with E-state index in [-0.39, 0.29) is 12.5 Å². The predicted molar refractivity (Wildman–Crippen MR) is 137 cm³/mol. The number of aromatic nitrogens is 3. The molecule has 0 radical (unpaired) electrons. The van der Waals surface area contributed by atoms with Gasteiger partial charge in [0.15, 0.2) is 5.82 Å². The molecule has 1 aromatic heterocycles. The van der Waals surface area contributed by atoms with Crippen molar-refractivity contribution in [3.8, 4) is 11.5 Å². The second kappa shape index (κ2) is 11.0. The molecule has 4 rings (SSSR count). The third-order valence-electron chi connectivity index (χ3n) is 5.23. The molecule has 3 N–H and O–H groups in total. The number of nitrogens with zero attached hydrogens (tertiary/aromatic N) is 3. The summed E-state index contributed by atoms with van der Waals surface area (Å²) in [4.78, 5) is 12.5. The van der Waals surface area contributed by atoms with E-state index in [1.165, 1.54) is 16.4 Å². The minimum Gasteiger partial charge on any atom is -0.497 e. The first kappa shape index (κ1) is 24.2. The average Bonchev–Trinajstić information content (AvgIpc) is 3.20. The molecule has 180 valence electrons. The van der Waals surface area contributed by atoms with E-state index < -0.39 is 0 Å². The van der Waals surface area contributed by atoms with Crippen LogP contribution in [0.1, 0.15) is 32.9 Å². The summed E-state index contributed by atoms with van der Waals surface area (Å²) < 4.78 is 12.4. The second-order valence-corrected chi connectivity index (χ2v) is 8.99. The van der Waals surface area contributed by atoms with Crippen LogP contribution < -0.4 is 20.6 Å². The largest absolute Gasteiger partial charge is 0.497 e. The first-order valence-electron chi connectivity index (χ1n) is 11.0. The number of anilines is 1. The summed E-state index contributed by atoms with van der Waals surface area (Å²) in [6.45, 7) is 4.28. The topological polar surface area (TPSA) is 104 Å². The normalized spacial score (nSPS) is 10.7. The van der Waals surface area contributed by atoms with Gasteiger partial charge in [0.1, 0.15) is 18.1 Å². The van der Waals surface area contributed by atoms with Gasteiger partial charge in [0.25, 0.3) is 5.91 Å². The number of nitrogens with two attached hydrogens (primary N) is 1. The molecule has 8 nitrogen and oxygen atoms in total. The van der Waals surface area contributed by atoms with Crippen LogP contribution in [0.4, 0.5) is 5.69 Å². The minimum atomic E-state index is -0.176. The Labute approximate surface area is 208 Å². The summed E-state index contributed by atoms with van der Waals surface area (Å²) in [5.74, 6) is 8.68. The van der Waals surface area contributed by atoms with Gasteiger partial charge in [0.05, 0.1) is 7.11 Å². The highest BCUT2D eigenvalue weighted by Gasteiger charge is 2.12. The molecule has 35 heavy (non-hydrogen) atoms. The third kappa shape index (κ3) is 6.33. The standard InChI is InChI=1S/C26H27N5O3S/c1-17-12-18(2)14-23(13-17)34-15-24-29-30-26(31(24)27)35-16-19-4-6-20(7-5-19)25(32)28-21-8-10-22(33-3)11-9-21/h4-14H,15-16,27H2,1-3H3,(H,28,32). The maximum absolute atomic E-state index is 12.5. The van der Waals surface area contributed by atoms with Crippen LogP contribution in [0, 0.1) is 13.8 Å². The summed E-state index contributed by atoms with van der Waals surface area (Å²) in [6, 6.07) is 20.7. The quantitative estimate of drug-likeness (QED) is 0.258. The minimum absolute atomic E-state index is 0.176. The third-order valence-corrected chi connectivity index (χ3v) is 6.24. The summed E-state index contributed by atoms with van der Waals surface area (Å²) in [5, 5.41) is 11.8. The molecular formula is C26H27N5O3S. The highest BCUT2D eigenvalue weighted by Crippen LogP contribution is 2.22. The number of methoxy groups -OCH3 is 1. The lowest BCUT2D eigenvalue weighted by Crippen LogP contribution is -2.15. The van der Waals surface area contributed by atoms with E-state index in [0.717, 1.165) is 28.2 Å². The van der Waals surface area contributed by atoms with Crippen LogP contribution in [0.15, 0.2) is 71.9 Å². The van der Waals surface area contributed by atoms with E-state index in [2.05, 4.69) is 21.6 Å². The van der Waals surface area contributed by atoms with Crippen LogP contribution in [0.3, 0.4) is 0 Å². The van der Waals surface area contributed by atoms with E-state index >= 15 is 0 Å². The van der Waals surface area contributed by atoms with Crippen molar-refractivity contribution < 1.29 is 14.3 Å². The van der Waals surface area contributed by atoms with E-state index in [1.807, 2.05) is 38.1 Å². The SMILES string of the molecule is COc1ccc(NC(=O)c2ccc(CSc3nnc(COc4cc(C)cc(C)c4)n3N)cc2)cc1. The van der Waals surface area contributed by atoms with Crippen LogP contribution in [0.25, 0.3) is 0 Å². The maximum atomic E-state index is 12.5. The average molecular weight is 490 g/mol. The van der Waals surface area contributed by atoms with Gasteiger partial charge in [-0.2, -0.15) is 0 Å². The number of nitrogen functional groups attached to an aromatic ring is 1. The number of rotatable bonds is 9. The van der Waals surface area contributed by atoms with Gasteiger partial charge in [-0.15, -0.1) is 10.2 Å². The lowest BCUT2D eigenvalue weighted by Gasteiger charge is -2.08. The molecule has 0 aliphatic rings. The first-order valence-corrected chi connectivity index (χ1v) is 12.0. The number of carbonyl (C=O) groups is 1. The van der Waals surface area contributed by atoms with Gasteiger partial charge in [-0.05, 0) is 79.1 Å². The highest BCUT2D eigenvalue weighted by atomic mass is 32.2. The number of nitrogens with one attached hydrogen (secondary N) is 1. The summed E-state index contributed by atoms with van der Waals surface area (Å²) >= 11 is 1.46. The van der Waals surface area contributed by atoms with E-state index in [9.17, 15) is 4.79 Å². The van der Waals surface area contributed by atoms with E-state index in [0.29, 0.717) is 28.0 Å². The van der Waals surface area contributed by atoms with Crippen LogP contribution in [0.5, 0.6) is 11.5 Å². The van der Waals surface area contributed by atoms with Crippen molar-refractivity contribution in [1.82, 2.24) is 14.9 Å². The van der Waals surface area contributed by atoms with E-state index in [4.69, 9.17) is 15.3 Å². The van der Waals surface area contributed by atoms with Crippen molar-refractivity contribution in [3.05, 3.63) is 94.8 Å². The van der Waals surface area contributed by atoms with Crippen LogP contribution in [-0.4, -0.2) is 27.9 Å². The number of aryl methyl sites for hydroxylation is 2. The van der Waals surface area contributed by atoms with Gasteiger partial charge >= 0.3 is 0 Å². The Balaban J connectivity index is 1.30. The number of ether oxygens (including phenoxy) is 2. The molecule has 0 aliphatic carbocycles. The molecule has 0 saturated carbocycles. The van der Waals surface area contributed by atoms with Gasteiger partial charge in [-0.25, -0.2) is 4.68 Å². The number of thioether (sulfide) groups is 1. The molecule has 0 saturated heterocycles.